The van der Waals surface area contributed by atoms with Gasteiger partial charge in [-0.1, -0.05) is 5.16 Å². The van der Waals surface area contributed by atoms with Crippen LogP contribution in [0.1, 0.15) is 32.8 Å². The molecular formula is C14H14N5O6S2+. The maximum atomic E-state index is 12.5. The number of carbonyl (C=O) groups excluding carboxylic acids is 1. The molecule has 11 nitrogen and oxygen atoms in total. The molecule has 0 saturated heterocycles. The smallest absolute Gasteiger partial charge is 0.355 e. The fourth-order valence-corrected chi connectivity index (χ4v) is 3.30. The SMILES string of the molecule is CO/N=C(/C(=O)N[C@H](C(=O)O)c1nc(C(=O)O)c(C)c[s+]1)c1csc(N)n1. The maximum absolute atomic E-state index is 12.5. The summed E-state index contributed by atoms with van der Waals surface area (Å²) in [6.45, 7) is 1.53. The van der Waals surface area contributed by atoms with E-state index in [2.05, 4.69) is 25.3 Å². The first-order chi connectivity index (χ1) is 12.7. The van der Waals surface area contributed by atoms with Gasteiger partial charge in [0.1, 0.15) is 12.8 Å². The number of amides is 1. The summed E-state index contributed by atoms with van der Waals surface area (Å²) in [4.78, 5) is 47.7. The summed E-state index contributed by atoms with van der Waals surface area (Å²) in [7, 11) is 1.21. The molecule has 0 unspecified atom stereocenters. The predicted molar refractivity (Wildman–Crippen MR) is 96.8 cm³/mol. The van der Waals surface area contributed by atoms with Crippen LogP contribution in [-0.2, 0) is 14.4 Å². The summed E-state index contributed by atoms with van der Waals surface area (Å²) in [5.41, 5.74) is 5.42. The molecule has 2 aromatic heterocycles. The van der Waals surface area contributed by atoms with E-state index in [-0.39, 0.29) is 27.2 Å². The maximum Gasteiger partial charge on any atom is 0.355 e. The van der Waals surface area contributed by atoms with Crippen LogP contribution in [0.4, 0.5) is 5.13 Å². The molecule has 0 spiro atoms. The van der Waals surface area contributed by atoms with Crippen LogP contribution in [0.5, 0.6) is 0 Å². The Morgan fingerprint density at radius 2 is 2.07 bits per heavy atom. The van der Waals surface area contributed by atoms with E-state index in [0.29, 0.717) is 5.56 Å². The predicted octanol–water partition coefficient (Wildman–Crippen LogP) is 0.762. The lowest BCUT2D eigenvalue weighted by Gasteiger charge is -2.10. The molecule has 0 radical (unpaired) electrons. The highest BCUT2D eigenvalue weighted by atomic mass is 32.1. The van der Waals surface area contributed by atoms with Gasteiger partial charge in [-0.25, -0.2) is 14.6 Å². The van der Waals surface area contributed by atoms with Crippen LogP contribution in [0.25, 0.3) is 0 Å². The Labute approximate surface area is 160 Å². The molecule has 1 amide bonds. The number of carboxylic acids is 2. The normalized spacial score (nSPS) is 12.3. The van der Waals surface area contributed by atoms with Gasteiger partial charge in [0.2, 0.25) is 22.8 Å². The number of nitrogens with two attached hydrogens (primary N) is 1. The van der Waals surface area contributed by atoms with E-state index in [1.807, 2.05) is 0 Å². The van der Waals surface area contributed by atoms with E-state index in [1.165, 1.54) is 24.8 Å². The Bertz CT molecular complexity index is 928. The summed E-state index contributed by atoms with van der Waals surface area (Å²) in [5.74, 6) is -3.64. The number of oxime groups is 1. The van der Waals surface area contributed by atoms with Crippen LogP contribution >= 0.6 is 22.7 Å². The molecule has 142 valence electrons. The van der Waals surface area contributed by atoms with Gasteiger partial charge < -0.3 is 26.1 Å². The second-order valence-corrected chi connectivity index (χ2v) is 6.74. The lowest BCUT2D eigenvalue weighted by molar-refractivity contribution is -0.141. The van der Waals surface area contributed by atoms with Crippen molar-refractivity contribution < 1.29 is 29.4 Å². The molecule has 2 heterocycles. The number of aryl methyl sites for hydroxylation is 1. The molecule has 13 heteroatoms. The highest BCUT2D eigenvalue weighted by molar-refractivity contribution is 7.13. The number of nitrogen functional groups attached to an aromatic ring is 1. The highest BCUT2D eigenvalue weighted by Gasteiger charge is 2.35. The Morgan fingerprint density at radius 3 is 2.59 bits per heavy atom. The van der Waals surface area contributed by atoms with Crippen LogP contribution in [-0.4, -0.2) is 50.8 Å². The number of nitrogens with zero attached hydrogens (tertiary/aromatic N) is 3. The van der Waals surface area contributed by atoms with Gasteiger partial charge in [-0.15, -0.1) is 11.3 Å². The molecule has 0 fully saturated rings. The molecule has 0 aliphatic heterocycles. The van der Waals surface area contributed by atoms with Gasteiger partial charge in [-0.2, -0.15) is 4.98 Å². The number of hydrogen-bond donors (Lipinski definition) is 4. The molecule has 5 N–H and O–H groups in total. The van der Waals surface area contributed by atoms with Crippen molar-refractivity contribution >= 4 is 51.4 Å². The van der Waals surface area contributed by atoms with Crippen molar-refractivity contribution in [2.75, 3.05) is 12.8 Å². The fourth-order valence-electron chi connectivity index (χ4n) is 1.90. The molecule has 0 aliphatic rings. The van der Waals surface area contributed by atoms with Crippen molar-refractivity contribution in [2.45, 2.75) is 13.0 Å². The lowest BCUT2D eigenvalue weighted by Crippen LogP contribution is -2.39. The zero-order valence-electron chi connectivity index (χ0n) is 14.0. The average Bonchev–Trinajstić information content (AvgIpc) is 3.03. The number of rotatable bonds is 7. The standard InChI is InChI=1S/C14H13N5O6S2/c1-5-3-26-11(18-7(5)12(21)22)9(13(23)24)17-10(20)8(19-25-2)6-4-27-14(15)16-6/h3-4,9H,1-2H3,(H4-,15,16,17,20,21,22,23,24)/p+1/b19-8+/t9-/m0/s1. The van der Waals surface area contributed by atoms with Crippen molar-refractivity contribution in [3.8, 4) is 0 Å². The molecule has 0 bridgehead atoms. The zero-order chi connectivity index (χ0) is 20.1. The third kappa shape index (κ3) is 4.71. The first-order valence-electron chi connectivity index (χ1n) is 7.13. The number of aliphatic carboxylic acids is 1. The van der Waals surface area contributed by atoms with E-state index >= 15 is 0 Å². The number of carboxylic acid groups (broad SMARTS) is 2. The minimum absolute atomic E-state index is 0.104. The van der Waals surface area contributed by atoms with Crippen molar-refractivity contribution in [3.63, 3.8) is 0 Å². The summed E-state index contributed by atoms with van der Waals surface area (Å²) >= 11 is 1.96. The number of hydrogen-bond acceptors (Lipinski definition) is 9. The molecule has 0 aliphatic carbocycles. The van der Waals surface area contributed by atoms with Crippen LogP contribution in [0.3, 0.4) is 0 Å². The molecule has 27 heavy (non-hydrogen) atoms. The molecule has 2 rings (SSSR count). The van der Waals surface area contributed by atoms with Gasteiger partial charge in [-0.3, -0.25) is 4.79 Å². The number of anilines is 1. The minimum Gasteiger partial charge on any atom is -0.479 e. The second-order valence-electron chi connectivity index (χ2n) is 4.96. The van der Waals surface area contributed by atoms with Crippen LogP contribution in [0, 0.1) is 6.92 Å². The lowest BCUT2D eigenvalue weighted by atomic mass is 10.2. The quantitative estimate of drug-likeness (QED) is 0.290. The van der Waals surface area contributed by atoms with E-state index in [4.69, 9.17) is 10.8 Å². The largest absolute Gasteiger partial charge is 0.479 e. The Hall–Kier alpha value is -3.19. The van der Waals surface area contributed by atoms with Crippen molar-refractivity contribution in [1.82, 2.24) is 15.3 Å². The third-order valence-corrected chi connectivity index (χ3v) is 4.80. The zero-order valence-corrected chi connectivity index (χ0v) is 15.6. The van der Waals surface area contributed by atoms with E-state index < -0.39 is 23.9 Å². The first-order valence-corrected chi connectivity index (χ1v) is 8.89. The van der Waals surface area contributed by atoms with Gasteiger partial charge in [0.15, 0.2) is 16.5 Å². The Balaban J connectivity index is 2.36. The number of aromatic nitrogens is 2. The number of nitrogens with one attached hydrogen (secondary N) is 1. The van der Waals surface area contributed by atoms with Crippen LogP contribution in [0.2, 0.25) is 0 Å². The third-order valence-electron chi connectivity index (χ3n) is 3.09. The molecule has 0 saturated carbocycles. The average molecular weight is 412 g/mol. The second kappa shape index (κ2) is 8.46. The van der Waals surface area contributed by atoms with Crippen LogP contribution in [0.15, 0.2) is 15.9 Å². The summed E-state index contributed by atoms with van der Waals surface area (Å²) < 4.78 is 0. The van der Waals surface area contributed by atoms with Gasteiger partial charge in [-0.05, 0) is 6.92 Å². The molecular weight excluding hydrogens is 398 g/mol. The molecule has 1 atom stereocenters. The van der Waals surface area contributed by atoms with Crippen molar-refractivity contribution in [1.29, 1.82) is 0 Å². The minimum atomic E-state index is -1.60. The van der Waals surface area contributed by atoms with Gasteiger partial charge in [0.25, 0.3) is 5.91 Å². The fraction of sp³-hybridized carbons (Fsp3) is 0.214. The number of thiazole rings is 1. The van der Waals surface area contributed by atoms with E-state index in [0.717, 1.165) is 22.7 Å². The summed E-state index contributed by atoms with van der Waals surface area (Å²) in [6.07, 6.45) is 0. The number of aromatic carboxylic acids is 1. The summed E-state index contributed by atoms with van der Waals surface area (Å²) in [6, 6.07) is -1.60. The van der Waals surface area contributed by atoms with Crippen molar-refractivity contribution in [3.05, 3.63) is 32.7 Å². The van der Waals surface area contributed by atoms with E-state index in [9.17, 15) is 19.5 Å². The molecule has 0 aromatic carbocycles. The van der Waals surface area contributed by atoms with Crippen molar-refractivity contribution in [2.24, 2.45) is 5.16 Å². The molecule has 2 aromatic rings. The first kappa shape index (κ1) is 20.1. The Morgan fingerprint density at radius 1 is 1.37 bits per heavy atom. The van der Waals surface area contributed by atoms with Gasteiger partial charge in [0.05, 0.1) is 0 Å². The number of carbonyl (C=O) groups is 3. The monoisotopic (exact) mass is 412 g/mol. The topological polar surface area (TPSA) is 177 Å². The highest BCUT2D eigenvalue weighted by Crippen LogP contribution is 2.20. The summed E-state index contributed by atoms with van der Waals surface area (Å²) in [5, 5.41) is 27.4. The van der Waals surface area contributed by atoms with Gasteiger partial charge >= 0.3 is 16.9 Å². The van der Waals surface area contributed by atoms with Gasteiger partial charge in [0, 0.05) is 10.9 Å². The van der Waals surface area contributed by atoms with E-state index in [1.54, 1.807) is 0 Å². The Kier molecular flexibility index (Phi) is 6.31. The van der Waals surface area contributed by atoms with Crippen LogP contribution < -0.4 is 11.1 Å².